The average molecular weight is 297 g/mol. The van der Waals surface area contributed by atoms with Gasteiger partial charge in [-0.2, -0.15) is 0 Å². The summed E-state index contributed by atoms with van der Waals surface area (Å²) in [6.07, 6.45) is 4.18. The molecule has 1 saturated carbocycles. The fraction of sp³-hybridized carbons (Fsp3) is 0.615. The molecule has 2 fully saturated rings. The van der Waals surface area contributed by atoms with E-state index in [1.807, 2.05) is 19.3 Å². The van der Waals surface area contributed by atoms with Crippen molar-refractivity contribution in [1.82, 2.24) is 14.2 Å². The molecule has 1 aromatic rings. The third-order valence-corrected chi connectivity index (χ3v) is 5.87. The van der Waals surface area contributed by atoms with Crippen molar-refractivity contribution in [2.45, 2.75) is 30.6 Å². The van der Waals surface area contributed by atoms with Crippen LogP contribution in [0.15, 0.2) is 18.3 Å². The second-order valence-electron chi connectivity index (χ2n) is 5.60. The quantitative estimate of drug-likeness (QED) is 0.870. The van der Waals surface area contributed by atoms with Crippen molar-refractivity contribution in [1.29, 1.82) is 0 Å². The van der Waals surface area contributed by atoms with Gasteiger partial charge in [0, 0.05) is 32.4 Å². The molecule has 1 atom stereocenters. The van der Waals surface area contributed by atoms with Gasteiger partial charge >= 0.3 is 0 Å². The molecule has 0 unspecified atom stereocenters. The van der Waals surface area contributed by atoms with Gasteiger partial charge in [0.1, 0.15) is 5.69 Å². The lowest BCUT2D eigenvalue weighted by atomic mass is 10.4. The van der Waals surface area contributed by atoms with Crippen LogP contribution in [-0.4, -0.2) is 48.2 Å². The highest BCUT2D eigenvalue weighted by Gasteiger charge is 2.38. The number of hydrogen-bond donors (Lipinski definition) is 1. The predicted molar refractivity (Wildman–Crippen MR) is 74.8 cm³/mol. The summed E-state index contributed by atoms with van der Waals surface area (Å²) in [6, 6.07) is 3.69. The third kappa shape index (κ3) is 2.60. The Kier molecular flexibility index (Phi) is 3.33. The molecular weight excluding hydrogens is 278 g/mol. The van der Waals surface area contributed by atoms with Crippen LogP contribution < -0.4 is 4.72 Å². The molecule has 2 aliphatic rings. The minimum absolute atomic E-state index is 0.0957. The minimum Gasteiger partial charge on any atom is -0.347 e. The van der Waals surface area contributed by atoms with Crippen LogP contribution in [0.4, 0.5) is 0 Å². The molecule has 0 radical (unpaired) electrons. The van der Waals surface area contributed by atoms with Gasteiger partial charge in [-0.1, -0.05) is 0 Å². The molecule has 20 heavy (non-hydrogen) atoms. The first-order valence-corrected chi connectivity index (χ1v) is 8.44. The normalized spacial score (nSPS) is 23.2. The van der Waals surface area contributed by atoms with E-state index >= 15 is 0 Å². The van der Waals surface area contributed by atoms with Crippen molar-refractivity contribution >= 4 is 15.9 Å². The summed E-state index contributed by atoms with van der Waals surface area (Å²) in [5.74, 6) is -0.0957. The van der Waals surface area contributed by atoms with Crippen LogP contribution in [0.5, 0.6) is 0 Å². The molecule has 1 N–H and O–H groups in total. The van der Waals surface area contributed by atoms with E-state index in [9.17, 15) is 13.2 Å². The van der Waals surface area contributed by atoms with Crippen LogP contribution in [0.2, 0.25) is 0 Å². The van der Waals surface area contributed by atoms with E-state index < -0.39 is 15.3 Å². The average Bonchev–Trinajstić information content (AvgIpc) is 2.92. The topological polar surface area (TPSA) is 71.4 Å². The first-order chi connectivity index (χ1) is 9.47. The highest BCUT2D eigenvalue weighted by atomic mass is 32.2. The van der Waals surface area contributed by atoms with Gasteiger partial charge in [0.05, 0.1) is 5.25 Å². The smallest absolute Gasteiger partial charge is 0.270 e. The largest absolute Gasteiger partial charge is 0.347 e. The number of aryl methyl sites for hydroxylation is 1. The zero-order valence-electron chi connectivity index (χ0n) is 11.4. The Morgan fingerprint density at radius 1 is 1.35 bits per heavy atom. The Balaban J connectivity index is 1.67. The summed E-state index contributed by atoms with van der Waals surface area (Å²) in [7, 11) is -1.48. The monoisotopic (exact) mass is 297 g/mol. The number of nitrogens with one attached hydrogen (secondary N) is 1. The van der Waals surface area contributed by atoms with Gasteiger partial charge in [-0.3, -0.25) is 4.79 Å². The van der Waals surface area contributed by atoms with Crippen LogP contribution in [-0.2, 0) is 17.1 Å². The number of amides is 1. The Morgan fingerprint density at radius 3 is 2.70 bits per heavy atom. The second-order valence-corrected chi connectivity index (χ2v) is 7.60. The van der Waals surface area contributed by atoms with Gasteiger partial charge in [0.15, 0.2) is 0 Å². The van der Waals surface area contributed by atoms with Crippen LogP contribution in [0.25, 0.3) is 0 Å². The van der Waals surface area contributed by atoms with Gasteiger partial charge in [-0.15, -0.1) is 0 Å². The minimum atomic E-state index is -3.29. The Labute approximate surface area is 118 Å². The van der Waals surface area contributed by atoms with E-state index in [0.717, 1.165) is 12.8 Å². The number of carbonyl (C=O) groups excluding carboxylic acids is 1. The summed E-state index contributed by atoms with van der Waals surface area (Å²) in [4.78, 5) is 14.0. The van der Waals surface area contributed by atoms with Crippen molar-refractivity contribution in [2.24, 2.45) is 7.05 Å². The maximum Gasteiger partial charge on any atom is 0.270 e. The summed E-state index contributed by atoms with van der Waals surface area (Å²) >= 11 is 0. The molecule has 1 saturated heterocycles. The molecule has 110 valence electrons. The van der Waals surface area contributed by atoms with Crippen molar-refractivity contribution in [3.05, 3.63) is 24.0 Å². The Hall–Kier alpha value is -1.34. The Morgan fingerprint density at radius 2 is 2.10 bits per heavy atom. The molecule has 1 aliphatic carbocycles. The van der Waals surface area contributed by atoms with Crippen molar-refractivity contribution in [2.75, 3.05) is 13.1 Å². The van der Waals surface area contributed by atoms with Gasteiger partial charge in [0.2, 0.25) is 10.0 Å². The van der Waals surface area contributed by atoms with Crippen molar-refractivity contribution in [3.8, 4) is 0 Å². The Bertz CT molecular complexity index is 619. The molecule has 0 spiro atoms. The van der Waals surface area contributed by atoms with Crippen LogP contribution >= 0.6 is 0 Å². The third-order valence-electron chi connectivity index (χ3n) is 3.94. The van der Waals surface area contributed by atoms with E-state index in [-0.39, 0.29) is 18.5 Å². The molecule has 2 heterocycles. The molecule has 1 aromatic heterocycles. The lowest BCUT2D eigenvalue weighted by molar-refractivity contribution is 0.0784. The van der Waals surface area contributed by atoms with Gasteiger partial charge in [0.25, 0.3) is 5.91 Å². The number of carbonyl (C=O) groups is 1. The number of aromatic nitrogens is 1. The van der Waals surface area contributed by atoms with Crippen LogP contribution in [0.3, 0.4) is 0 Å². The summed E-state index contributed by atoms with van der Waals surface area (Å²) in [5.41, 5.74) is 0.596. The number of rotatable bonds is 4. The highest BCUT2D eigenvalue weighted by molar-refractivity contribution is 7.90. The zero-order valence-corrected chi connectivity index (χ0v) is 12.3. The molecule has 6 nitrogen and oxygen atoms in total. The van der Waals surface area contributed by atoms with E-state index in [1.165, 1.54) is 0 Å². The number of likely N-dealkylation sites (tertiary alicyclic amines) is 1. The van der Waals surface area contributed by atoms with Gasteiger partial charge in [-0.25, -0.2) is 13.1 Å². The van der Waals surface area contributed by atoms with E-state index in [0.29, 0.717) is 18.7 Å². The highest BCUT2D eigenvalue weighted by Crippen LogP contribution is 2.24. The first kappa shape index (κ1) is 13.6. The maximum absolute atomic E-state index is 12.3. The van der Waals surface area contributed by atoms with Crippen molar-refractivity contribution < 1.29 is 13.2 Å². The number of hydrogen-bond acceptors (Lipinski definition) is 3. The zero-order chi connectivity index (χ0) is 14.3. The number of nitrogens with zero attached hydrogens (tertiary/aromatic N) is 2. The lowest BCUT2D eigenvalue weighted by Crippen LogP contribution is -2.38. The molecule has 1 amide bonds. The molecule has 3 rings (SSSR count). The van der Waals surface area contributed by atoms with E-state index in [4.69, 9.17) is 0 Å². The summed E-state index contributed by atoms with van der Waals surface area (Å²) in [6.45, 7) is 0.784. The van der Waals surface area contributed by atoms with E-state index in [1.54, 1.807) is 15.5 Å². The fourth-order valence-corrected chi connectivity index (χ4v) is 4.23. The number of sulfonamides is 1. The van der Waals surface area contributed by atoms with Crippen LogP contribution in [0, 0.1) is 0 Å². The van der Waals surface area contributed by atoms with Crippen LogP contribution in [0.1, 0.15) is 29.8 Å². The lowest BCUT2D eigenvalue weighted by Gasteiger charge is -2.17. The second kappa shape index (κ2) is 4.89. The van der Waals surface area contributed by atoms with Crippen molar-refractivity contribution in [3.63, 3.8) is 0 Å². The predicted octanol–water partition coefficient (Wildman–Crippen LogP) is 0.321. The summed E-state index contributed by atoms with van der Waals surface area (Å²) in [5, 5.41) is -0.479. The van der Waals surface area contributed by atoms with Gasteiger partial charge < -0.3 is 9.47 Å². The molecule has 0 bridgehead atoms. The van der Waals surface area contributed by atoms with E-state index in [2.05, 4.69) is 4.72 Å². The molecular formula is C13H19N3O3S. The molecule has 7 heteroatoms. The first-order valence-electron chi connectivity index (χ1n) is 6.89. The standard InChI is InChI=1S/C13H19N3O3S/c1-15-7-2-3-12(15)13(17)16-8-6-11(9-16)20(18,19)14-10-4-5-10/h2-3,7,10-11,14H,4-6,8-9H2,1H3/t11-/m1/s1. The molecule has 0 aromatic carbocycles. The van der Waals surface area contributed by atoms with Gasteiger partial charge in [-0.05, 0) is 31.4 Å². The fourth-order valence-electron chi connectivity index (χ4n) is 2.54. The maximum atomic E-state index is 12.3. The SMILES string of the molecule is Cn1cccc1C(=O)N1CC[C@@H](S(=O)(=O)NC2CC2)C1. The summed E-state index contributed by atoms with van der Waals surface area (Å²) < 4.78 is 28.8. The molecule has 1 aliphatic heterocycles.